The molecule has 3 heteroatoms. The molecule has 0 spiro atoms. The second-order valence-corrected chi connectivity index (χ2v) is 7.61. The van der Waals surface area contributed by atoms with Gasteiger partial charge in [-0.25, -0.2) is 0 Å². The highest BCUT2D eigenvalue weighted by molar-refractivity contribution is 8.03. The Morgan fingerprint density at radius 1 is 0.900 bits per heavy atom. The summed E-state index contributed by atoms with van der Waals surface area (Å²) in [5, 5.41) is 0.546. The van der Waals surface area contributed by atoms with Crippen LogP contribution in [0.4, 0.5) is 0 Å². The smallest absolute Gasteiger partial charge is 0.0368 e. The minimum absolute atomic E-state index is 0.546. The Bertz CT molecular complexity index is 595. The van der Waals surface area contributed by atoms with Gasteiger partial charge in [-0.2, -0.15) is 0 Å². The number of thioether (sulfide) groups is 1. The van der Waals surface area contributed by atoms with Gasteiger partial charge in [-0.05, 0) is 50.8 Å². The first-order chi connectivity index (χ1) is 9.74. The van der Waals surface area contributed by atoms with Crippen molar-refractivity contribution in [1.29, 1.82) is 0 Å². The molecule has 0 amide bonds. The maximum Gasteiger partial charge on any atom is 0.0368 e. The van der Waals surface area contributed by atoms with Crippen molar-refractivity contribution in [3.05, 3.63) is 54.1 Å². The van der Waals surface area contributed by atoms with Crippen molar-refractivity contribution in [2.45, 2.75) is 26.4 Å². The third kappa shape index (κ3) is 3.05. The van der Waals surface area contributed by atoms with E-state index in [1.165, 1.54) is 26.7 Å². The first-order valence-corrected chi connectivity index (χ1v) is 8.61. The van der Waals surface area contributed by atoms with Crippen molar-refractivity contribution in [3.63, 3.8) is 0 Å². The normalized spacial score (nSPS) is 17.4. The molecular formula is C17H19NS2. The topological polar surface area (TPSA) is 3.24 Å². The highest BCUT2D eigenvalue weighted by Gasteiger charge is 2.22. The maximum atomic E-state index is 2.29. The molecule has 0 unspecified atom stereocenters. The second-order valence-electron chi connectivity index (χ2n) is 5.29. The lowest BCUT2D eigenvalue weighted by Crippen LogP contribution is -2.15. The molecule has 0 saturated carbocycles. The van der Waals surface area contributed by atoms with Crippen LogP contribution in [0.1, 0.15) is 17.2 Å². The Morgan fingerprint density at radius 3 is 2.30 bits per heavy atom. The summed E-state index contributed by atoms with van der Waals surface area (Å²) in [6, 6.07) is 17.6. The molecule has 1 heterocycles. The minimum atomic E-state index is 0.546. The Labute approximate surface area is 129 Å². The monoisotopic (exact) mass is 301 g/mol. The molecule has 2 aromatic rings. The van der Waals surface area contributed by atoms with Crippen molar-refractivity contribution >= 4 is 23.5 Å². The molecule has 2 aromatic carbocycles. The van der Waals surface area contributed by atoms with E-state index in [1.807, 2.05) is 23.5 Å². The minimum Gasteiger partial charge on any atom is -0.309 e. The number of hydrogen-bond donors (Lipinski definition) is 0. The lowest BCUT2D eigenvalue weighted by molar-refractivity contribution is 0.398. The third-order valence-electron chi connectivity index (χ3n) is 3.44. The first kappa shape index (κ1) is 14.1. The van der Waals surface area contributed by atoms with Crippen LogP contribution in [0.5, 0.6) is 0 Å². The van der Waals surface area contributed by atoms with Crippen LogP contribution in [0.25, 0.3) is 0 Å². The number of fused-ring (bicyclic) bond motifs is 2. The molecule has 0 aliphatic carbocycles. The summed E-state index contributed by atoms with van der Waals surface area (Å²) in [4.78, 5) is 6.48. The van der Waals surface area contributed by atoms with E-state index in [1.54, 1.807) is 0 Å². The van der Waals surface area contributed by atoms with Crippen LogP contribution in [-0.2, 0) is 0 Å². The van der Waals surface area contributed by atoms with E-state index in [-0.39, 0.29) is 0 Å². The summed E-state index contributed by atoms with van der Waals surface area (Å²) < 4.78 is 0. The van der Waals surface area contributed by atoms with E-state index in [9.17, 15) is 0 Å². The van der Waals surface area contributed by atoms with E-state index >= 15 is 0 Å². The Morgan fingerprint density at radius 2 is 1.55 bits per heavy atom. The third-order valence-corrected chi connectivity index (χ3v) is 6.12. The van der Waals surface area contributed by atoms with Gasteiger partial charge in [0, 0.05) is 19.9 Å². The summed E-state index contributed by atoms with van der Waals surface area (Å²) in [7, 11) is 4.30. The van der Waals surface area contributed by atoms with Gasteiger partial charge in [-0.15, -0.1) is 11.8 Å². The maximum absolute atomic E-state index is 2.29. The zero-order chi connectivity index (χ0) is 13.9. The van der Waals surface area contributed by atoms with Gasteiger partial charge in [-0.1, -0.05) is 42.1 Å². The van der Waals surface area contributed by atoms with E-state index in [2.05, 4.69) is 67.5 Å². The molecule has 0 aromatic heterocycles. The number of hydrogen-bond acceptors (Lipinski definition) is 3. The standard InChI is InChI=1S/C17H19NS2/c1-18(2)12-11-15-13-7-3-4-8-14(13)19-16-9-5-6-10-17(16)20-15/h3-10,15H,11-12H2,1-2H3/t15-/m0/s1. The molecular weight excluding hydrogens is 282 g/mol. The molecule has 1 aliphatic heterocycles. The zero-order valence-corrected chi connectivity index (χ0v) is 13.5. The van der Waals surface area contributed by atoms with Gasteiger partial charge < -0.3 is 4.90 Å². The Hall–Kier alpha value is -0.900. The van der Waals surface area contributed by atoms with Crippen LogP contribution in [0.3, 0.4) is 0 Å². The highest BCUT2D eigenvalue weighted by atomic mass is 32.2. The first-order valence-electron chi connectivity index (χ1n) is 6.91. The average Bonchev–Trinajstić information content (AvgIpc) is 2.61. The van der Waals surface area contributed by atoms with Gasteiger partial charge in [0.15, 0.2) is 0 Å². The van der Waals surface area contributed by atoms with E-state index in [0.29, 0.717) is 5.25 Å². The Balaban J connectivity index is 1.97. The second kappa shape index (κ2) is 6.25. The lowest BCUT2D eigenvalue weighted by Gasteiger charge is -2.19. The van der Waals surface area contributed by atoms with Crippen molar-refractivity contribution in [2.24, 2.45) is 0 Å². The molecule has 0 bridgehead atoms. The van der Waals surface area contributed by atoms with Crippen LogP contribution in [0.2, 0.25) is 0 Å². The fourth-order valence-corrected chi connectivity index (χ4v) is 4.97. The van der Waals surface area contributed by atoms with Gasteiger partial charge in [0.2, 0.25) is 0 Å². The summed E-state index contributed by atoms with van der Waals surface area (Å²) in [5.74, 6) is 0. The molecule has 3 rings (SSSR count). The van der Waals surface area contributed by atoms with Gasteiger partial charge in [0.05, 0.1) is 0 Å². The summed E-state index contributed by atoms with van der Waals surface area (Å²) in [6.07, 6.45) is 1.18. The van der Waals surface area contributed by atoms with Crippen molar-refractivity contribution < 1.29 is 0 Å². The Kier molecular flexibility index (Phi) is 4.39. The predicted octanol–water partition coefficient (Wildman–Crippen LogP) is 4.94. The largest absolute Gasteiger partial charge is 0.309 e. The number of rotatable bonds is 3. The molecule has 0 radical (unpaired) electrons. The van der Waals surface area contributed by atoms with Gasteiger partial charge in [0.25, 0.3) is 0 Å². The SMILES string of the molecule is CN(C)CC[C@@H]1Sc2ccccc2Sc2ccccc21. The van der Waals surface area contributed by atoms with Crippen molar-refractivity contribution in [1.82, 2.24) is 4.90 Å². The molecule has 0 saturated heterocycles. The van der Waals surface area contributed by atoms with Crippen molar-refractivity contribution in [3.8, 4) is 0 Å². The van der Waals surface area contributed by atoms with Gasteiger partial charge in [0.1, 0.15) is 0 Å². The van der Waals surface area contributed by atoms with E-state index < -0.39 is 0 Å². The average molecular weight is 301 g/mol. The quantitative estimate of drug-likeness (QED) is 0.791. The highest BCUT2D eigenvalue weighted by Crippen LogP contribution is 2.50. The fourth-order valence-electron chi connectivity index (χ4n) is 2.40. The summed E-state index contributed by atoms with van der Waals surface area (Å²) in [6.45, 7) is 1.12. The lowest BCUT2D eigenvalue weighted by atomic mass is 10.1. The van der Waals surface area contributed by atoms with Crippen LogP contribution in [0, 0.1) is 0 Å². The van der Waals surface area contributed by atoms with Gasteiger partial charge in [-0.3, -0.25) is 0 Å². The molecule has 1 aliphatic rings. The van der Waals surface area contributed by atoms with Crippen LogP contribution < -0.4 is 0 Å². The van der Waals surface area contributed by atoms with Crippen LogP contribution >= 0.6 is 23.5 Å². The fraction of sp³-hybridized carbons (Fsp3) is 0.294. The molecule has 0 fully saturated rings. The molecule has 104 valence electrons. The van der Waals surface area contributed by atoms with E-state index in [4.69, 9.17) is 0 Å². The molecule has 20 heavy (non-hydrogen) atoms. The van der Waals surface area contributed by atoms with Crippen LogP contribution in [-0.4, -0.2) is 25.5 Å². The molecule has 0 N–H and O–H groups in total. The summed E-state index contributed by atoms with van der Waals surface area (Å²) >= 11 is 3.92. The number of nitrogens with zero attached hydrogens (tertiary/aromatic N) is 1. The van der Waals surface area contributed by atoms with Crippen LogP contribution in [0.15, 0.2) is 63.2 Å². The predicted molar refractivity (Wildman–Crippen MR) is 88.8 cm³/mol. The molecule has 1 nitrogen and oxygen atoms in total. The van der Waals surface area contributed by atoms with E-state index in [0.717, 1.165) is 6.54 Å². The van der Waals surface area contributed by atoms with Gasteiger partial charge >= 0.3 is 0 Å². The molecule has 1 atom stereocenters. The van der Waals surface area contributed by atoms with Crippen molar-refractivity contribution in [2.75, 3.05) is 20.6 Å². The summed E-state index contributed by atoms with van der Waals surface area (Å²) in [5.41, 5.74) is 1.49. The zero-order valence-electron chi connectivity index (χ0n) is 11.9. The number of benzene rings is 2.